The Hall–Kier alpha value is -3.00. The molecule has 0 saturated carbocycles. The van der Waals surface area contributed by atoms with Crippen molar-refractivity contribution in [1.82, 2.24) is 19.2 Å². The van der Waals surface area contributed by atoms with Crippen molar-refractivity contribution in [3.63, 3.8) is 0 Å². The van der Waals surface area contributed by atoms with Gasteiger partial charge in [-0.05, 0) is 30.3 Å². The maximum Gasteiger partial charge on any atom is 0.343 e. The number of carbonyl (C=O) groups is 1. The first-order valence-corrected chi connectivity index (χ1v) is 8.12. The summed E-state index contributed by atoms with van der Waals surface area (Å²) in [7, 11) is 1.30. The monoisotopic (exact) mass is 398 g/mol. The van der Waals surface area contributed by atoms with Gasteiger partial charge in [0, 0.05) is 22.6 Å². The van der Waals surface area contributed by atoms with E-state index in [9.17, 15) is 9.59 Å². The Bertz CT molecular complexity index is 1180. The summed E-state index contributed by atoms with van der Waals surface area (Å²) in [6.45, 7) is 0. The van der Waals surface area contributed by atoms with Crippen LogP contribution in [0.25, 0.3) is 22.2 Å². The van der Waals surface area contributed by atoms with Gasteiger partial charge in [0.25, 0.3) is 5.56 Å². The van der Waals surface area contributed by atoms with E-state index in [0.717, 1.165) is 10.2 Å². The highest BCUT2D eigenvalue weighted by molar-refractivity contribution is 9.10. The average Bonchev–Trinajstić information content (AvgIpc) is 3.07. The molecule has 3 heterocycles. The van der Waals surface area contributed by atoms with Crippen molar-refractivity contribution in [2.45, 2.75) is 0 Å². The van der Waals surface area contributed by atoms with Crippen molar-refractivity contribution in [2.24, 2.45) is 0 Å². The molecule has 3 aromatic heterocycles. The summed E-state index contributed by atoms with van der Waals surface area (Å²) in [6, 6.07) is 9.17. The molecule has 0 amide bonds. The highest BCUT2D eigenvalue weighted by Gasteiger charge is 2.17. The molecule has 0 unspecified atom stereocenters. The number of carbonyl (C=O) groups excluding carboxylic acids is 1. The van der Waals surface area contributed by atoms with Gasteiger partial charge in [0.15, 0.2) is 5.65 Å². The number of fused-ring (bicyclic) bond motifs is 3. The van der Waals surface area contributed by atoms with Crippen molar-refractivity contribution < 1.29 is 9.53 Å². The molecule has 0 radical (unpaired) electrons. The SMILES string of the molecule is COC(=O)c1cnn2c1ncc1c(=O)n(-c3ccc(Br)cc3)ccc12. The maximum atomic E-state index is 12.8. The van der Waals surface area contributed by atoms with Crippen molar-refractivity contribution in [2.75, 3.05) is 7.11 Å². The molecule has 0 aliphatic carbocycles. The molecule has 0 atom stereocenters. The largest absolute Gasteiger partial charge is 0.465 e. The fraction of sp³-hybridized carbons (Fsp3) is 0.0588. The highest BCUT2D eigenvalue weighted by Crippen LogP contribution is 2.17. The Morgan fingerprint density at radius 1 is 1.16 bits per heavy atom. The maximum absolute atomic E-state index is 12.8. The first kappa shape index (κ1) is 15.5. The standard InChI is InChI=1S/C17H11BrN4O3/c1-25-17(24)13-9-20-22-14-6-7-21(11-4-2-10(18)3-5-11)16(23)12(14)8-19-15(13)22/h2-9H,1H3. The summed E-state index contributed by atoms with van der Waals surface area (Å²) < 4.78 is 8.66. The Morgan fingerprint density at radius 3 is 2.64 bits per heavy atom. The fourth-order valence-electron chi connectivity index (χ4n) is 2.68. The van der Waals surface area contributed by atoms with Crippen LogP contribution in [0.4, 0.5) is 0 Å². The summed E-state index contributed by atoms with van der Waals surface area (Å²) in [5, 5.41) is 4.57. The lowest BCUT2D eigenvalue weighted by atomic mass is 10.2. The topological polar surface area (TPSA) is 78.5 Å². The van der Waals surface area contributed by atoms with E-state index in [1.54, 1.807) is 12.3 Å². The lowest BCUT2D eigenvalue weighted by molar-refractivity contribution is 0.0602. The summed E-state index contributed by atoms with van der Waals surface area (Å²) in [5.74, 6) is -0.523. The molecule has 8 heteroatoms. The Kier molecular flexibility index (Phi) is 3.61. The molecular formula is C17H11BrN4O3. The number of halogens is 1. The number of aromatic nitrogens is 4. The molecule has 4 aromatic rings. The van der Waals surface area contributed by atoms with Crippen LogP contribution in [0.2, 0.25) is 0 Å². The number of hydrogen-bond donors (Lipinski definition) is 0. The van der Waals surface area contributed by atoms with Crippen molar-refractivity contribution in [3.8, 4) is 5.69 Å². The fourth-order valence-corrected chi connectivity index (χ4v) is 2.94. The molecule has 7 nitrogen and oxygen atoms in total. The van der Waals surface area contributed by atoms with Crippen molar-refractivity contribution in [3.05, 3.63) is 69.3 Å². The second-order valence-electron chi connectivity index (χ2n) is 5.31. The first-order valence-electron chi connectivity index (χ1n) is 7.32. The predicted molar refractivity (Wildman–Crippen MR) is 95.1 cm³/mol. The van der Waals surface area contributed by atoms with Crippen LogP contribution in [0.15, 0.2) is 58.2 Å². The minimum atomic E-state index is -0.523. The number of methoxy groups -OCH3 is 1. The molecule has 124 valence electrons. The van der Waals surface area contributed by atoms with Gasteiger partial charge >= 0.3 is 5.97 Å². The number of benzene rings is 1. The molecule has 4 rings (SSSR count). The molecule has 25 heavy (non-hydrogen) atoms. The Labute approximate surface area is 149 Å². The summed E-state index contributed by atoms with van der Waals surface area (Å²) in [4.78, 5) is 28.8. The van der Waals surface area contributed by atoms with Crippen molar-refractivity contribution in [1.29, 1.82) is 0 Å². The van der Waals surface area contributed by atoms with E-state index in [-0.39, 0.29) is 11.1 Å². The summed E-state index contributed by atoms with van der Waals surface area (Å²) in [6.07, 6.45) is 4.51. The lowest BCUT2D eigenvalue weighted by Crippen LogP contribution is -2.18. The predicted octanol–water partition coefficient (Wildman–Crippen LogP) is 2.58. The number of rotatable bonds is 2. The molecule has 1 aromatic carbocycles. The van der Waals surface area contributed by atoms with Crippen LogP contribution in [0.1, 0.15) is 10.4 Å². The van der Waals surface area contributed by atoms with Gasteiger partial charge in [-0.2, -0.15) is 5.10 Å². The van der Waals surface area contributed by atoms with E-state index in [1.165, 1.54) is 28.6 Å². The molecule has 0 saturated heterocycles. The zero-order chi connectivity index (χ0) is 17.6. The normalized spacial score (nSPS) is 11.1. The molecule has 0 spiro atoms. The van der Waals surface area contributed by atoms with Gasteiger partial charge in [-0.15, -0.1) is 0 Å². The van der Waals surface area contributed by atoms with Crippen molar-refractivity contribution >= 4 is 38.4 Å². The minimum absolute atomic E-state index is 0.218. The number of ether oxygens (including phenoxy) is 1. The van der Waals surface area contributed by atoms with E-state index in [2.05, 4.69) is 26.0 Å². The second kappa shape index (κ2) is 5.82. The average molecular weight is 399 g/mol. The zero-order valence-corrected chi connectivity index (χ0v) is 14.6. The number of nitrogens with zero attached hydrogens (tertiary/aromatic N) is 4. The van der Waals surface area contributed by atoms with Crippen LogP contribution in [0.3, 0.4) is 0 Å². The minimum Gasteiger partial charge on any atom is -0.465 e. The molecule has 0 fully saturated rings. The molecular weight excluding hydrogens is 388 g/mol. The van der Waals surface area contributed by atoms with Gasteiger partial charge in [0.1, 0.15) is 5.56 Å². The number of esters is 1. The molecule has 0 aliphatic rings. The van der Waals surface area contributed by atoms with Gasteiger partial charge in [-0.25, -0.2) is 14.3 Å². The van der Waals surface area contributed by atoms with E-state index in [1.807, 2.05) is 24.3 Å². The van der Waals surface area contributed by atoms with Gasteiger partial charge < -0.3 is 4.74 Å². The Balaban J connectivity index is 1.97. The highest BCUT2D eigenvalue weighted by atomic mass is 79.9. The van der Waals surface area contributed by atoms with Crippen LogP contribution >= 0.6 is 15.9 Å². The zero-order valence-electron chi connectivity index (χ0n) is 13.0. The smallest absolute Gasteiger partial charge is 0.343 e. The number of hydrogen-bond acceptors (Lipinski definition) is 5. The third-order valence-corrected chi connectivity index (χ3v) is 4.43. The quantitative estimate of drug-likeness (QED) is 0.485. The van der Waals surface area contributed by atoms with Crippen LogP contribution in [-0.2, 0) is 4.74 Å². The number of pyridine rings is 1. The summed E-state index contributed by atoms with van der Waals surface area (Å²) >= 11 is 3.38. The van der Waals surface area contributed by atoms with Gasteiger partial charge in [0.2, 0.25) is 0 Å². The molecule has 0 bridgehead atoms. The van der Waals surface area contributed by atoms with Gasteiger partial charge in [-0.3, -0.25) is 9.36 Å². The summed E-state index contributed by atoms with van der Waals surface area (Å²) in [5.41, 5.74) is 1.69. The third kappa shape index (κ3) is 2.42. The van der Waals surface area contributed by atoms with E-state index in [4.69, 9.17) is 4.74 Å². The molecule has 0 aliphatic heterocycles. The lowest BCUT2D eigenvalue weighted by Gasteiger charge is -2.08. The first-order chi connectivity index (χ1) is 12.1. The van der Waals surface area contributed by atoms with Crippen LogP contribution < -0.4 is 5.56 Å². The van der Waals surface area contributed by atoms with Gasteiger partial charge in [-0.1, -0.05) is 15.9 Å². The Morgan fingerprint density at radius 2 is 1.92 bits per heavy atom. The van der Waals surface area contributed by atoms with Crippen LogP contribution in [0, 0.1) is 0 Å². The van der Waals surface area contributed by atoms with Gasteiger partial charge in [0.05, 0.1) is 24.2 Å². The van der Waals surface area contributed by atoms with E-state index < -0.39 is 5.97 Å². The van der Waals surface area contributed by atoms with Crippen LogP contribution in [-0.4, -0.2) is 32.2 Å². The van der Waals surface area contributed by atoms with E-state index >= 15 is 0 Å². The second-order valence-corrected chi connectivity index (χ2v) is 6.23. The van der Waals surface area contributed by atoms with Crippen LogP contribution in [0.5, 0.6) is 0 Å². The third-order valence-electron chi connectivity index (χ3n) is 3.90. The van der Waals surface area contributed by atoms with E-state index in [0.29, 0.717) is 16.6 Å². The molecule has 0 N–H and O–H groups in total.